The first-order valence-corrected chi connectivity index (χ1v) is 6.26. The number of aromatic nitrogens is 2. The number of likely N-dealkylation sites (N-methyl/N-ethyl adjacent to an activating group) is 1. The third kappa shape index (κ3) is 2.58. The molecule has 1 aromatic heterocycles. The van der Waals surface area contributed by atoms with Crippen molar-refractivity contribution in [2.75, 3.05) is 12.4 Å². The molecule has 2 aliphatic rings. The Bertz CT molecular complexity index is 510. The van der Waals surface area contributed by atoms with Gasteiger partial charge in [0.25, 0.3) is 5.91 Å². The molecule has 8 heteroatoms. The molecule has 0 aromatic carbocycles. The first-order chi connectivity index (χ1) is 9.13. The molecule has 1 atom stereocenters. The lowest BCUT2D eigenvalue weighted by molar-refractivity contribution is -0.136. The maximum atomic E-state index is 11.7. The van der Waals surface area contributed by atoms with Crippen LogP contribution >= 0.6 is 0 Å². The zero-order chi connectivity index (χ0) is 13.4. The van der Waals surface area contributed by atoms with Crippen LogP contribution in [0.5, 0.6) is 0 Å². The molecule has 102 valence electrons. The van der Waals surface area contributed by atoms with Crippen molar-refractivity contribution < 1.29 is 14.0 Å². The van der Waals surface area contributed by atoms with Gasteiger partial charge in [-0.25, -0.2) is 0 Å². The smallest absolute Gasteiger partial charge is 0.316 e. The van der Waals surface area contributed by atoms with E-state index < -0.39 is 6.04 Å². The van der Waals surface area contributed by atoms with Crippen molar-refractivity contribution in [2.45, 2.75) is 37.9 Å². The van der Waals surface area contributed by atoms with Crippen LogP contribution in [0.25, 0.3) is 0 Å². The number of likely N-dealkylation sites (tertiary alicyclic amines) is 1. The van der Waals surface area contributed by atoms with E-state index >= 15 is 0 Å². The average Bonchev–Trinajstić information content (AvgIpc) is 3.08. The van der Waals surface area contributed by atoms with Crippen LogP contribution in [-0.2, 0) is 16.1 Å². The number of rotatable bonds is 5. The van der Waals surface area contributed by atoms with Gasteiger partial charge in [-0.15, -0.1) is 5.10 Å². The van der Waals surface area contributed by atoms with E-state index in [0.29, 0.717) is 18.5 Å². The zero-order valence-electron chi connectivity index (χ0n) is 10.5. The summed E-state index contributed by atoms with van der Waals surface area (Å²) in [5.74, 6) is -0.0157. The van der Waals surface area contributed by atoms with Crippen molar-refractivity contribution in [3.8, 4) is 0 Å². The van der Waals surface area contributed by atoms with Crippen LogP contribution < -0.4 is 10.6 Å². The highest BCUT2D eigenvalue weighted by Crippen LogP contribution is 2.20. The Hall–Kier alpha value is -1.96. The van der Waals surface area contributed by atoms with Crippen LogP contribution in [0.2, 0.25) is 0 Å². The molecule has 1 unspecified atom stereocenters. The minimum Gasteiger partial charge on any atom is -0.407 e. The molecule has 3 rings (SSSR count). The van der Waals surface area contributed by atoms with Crippen molar-refractivity contribution in [2.24, 2.45) is 0 Å². The molecule has 0 spiro atoms. The second-order valence-corrected chi connectivity index (χ2v) is 4.85. The third-order valence-corrected chi connectivity index (χ3v) is 3.27. The number of hydrogen-bond donors (Lipinski definition) is 2. The molecule has 1 saturated carbocycles. The largest absolute Gasteiger partial charge is 0.407 e. The van der Waals surface area contributed by atoms with E-state index in [1.807, 2.05) is 0 Å². The van der Waals surface area contributed by atoms with Gasteiger partial charge in [0.05, 0.1) is 13.0 Å². The Morgan fingerprint density at radius 1 is 1.37 bits per heavy atom. The SMILES string of the molecule is CN1C(=O)CC(Nc2nnc(CNC3CC3)o2)C1=O. The lowest BCUT2D eigenvalue weighted by Gasteiger charge is -2.08. The summed E-state index contributed by atoms with van der Waals surface area (Å²) in [6, 6.07) is 0.127. The fraction of sp³-hybridized carbons (Fsp3) is 0.636. The number of nitrogens with zero attached hydrogens (tertiary/aromatic N) is 3. The monoisotopic (exact) mass is 265 g/mol. The summed E-state index contributed by atoms with van der Waals surface area (Å²) in [6.45, 7) is 0.525. The van der Waals surface area contributed by atoms with Crippen molar-refractivity contribution in [3.05, 3.63) is 5.89 Å². The highest BCUT2D eigenvalue weighted by Gasteiger charge is 2.36. The van der Waals surface area contributed by atoms with Gasteiger partial charge in [-0.05, 0) is 12.8 Å². The van der Waals surface area contributed by atoms with E-state index in [1.54, 1.807) is 0 Å². The number of nitrogens with one attached hydrogen (secondary N) is 2. The highest BCUT2D eigenvalue weighted by molar-refractivity contribution is 6.06. The second-order valence-electron chi connectivity index (χ2n) is 4.85. The van der Waals surface area contributed by atoms with Crippen molar-refractivity contribution in [1.82, 2.24) is 20.4 Å². The lowest BCUT2D eigenvalue weighted by Crippen LogP contribution is -2.31. The van der Waals surface area contributed by atoms with Gasteiger partial charge >= 0.3 is 6.01 Å². The Morgan fingerprint density at radius 2 is 2.16 bits per heavy atom. The molecule has 1 aliphatic carbocycles. The van der Waals surface area contributed by atoms with Crippen LogP contribution in [0.15, 0.2) is 4.42 Å². The minimum absolute atomic E-state index is 0.118. The van der Waals surface area contributed by atoms with Gasteiger partial charge < -0.3 is 15.1 Å². The molecule has 1 saturated heterocycles. The van der Waals surface area contributed by atoms with Gasteiger partial charge in [-0.1, -0.05) is 5.10 Å². The van der Waals surface area contributed by atoms with E-state index in [2.05, 4.69) is 20.8 Å². The zero-order valence-corrected chi connectivity index (χ0v) is 10.5. The van der Waals surface area contributed by atoms with Gasteiger partial charge in [0.15, 0.2) is 0 Å². The lowest BCUT2D eigenvalue weighted by atomic mass is 10.2. The van der Waals surface area contributed by atoms with Crippen LogP contribution in [-0.4, -0.2) is 46.0 Å². The minimum atomic E-state index is -0.609. The molecule has 1 aliphatic heterocycles. The topological polar surface area (TPSA) is 100 Å². The average molecular weight is 265 g/mol. The number of carbonyl (C=O) groups excluding carboxylic acids is 2. The van der Waals surface area contributed by atoms with Crippen molar-refractivity contribution >= 4 is 17.8 Å². The van der Waals surface area contributed by atoms with E-state index in [4.69, 9.17) is 4.42 Å². The normalized spacial score (nSPS) is 23.2. The summed E-state index contributed by atoms with van der Waals surface area (Å²) in [6.07, 6.45) is 2.49. The molecule has 0 bridgehead atoms. The summed E-state index contributed by atoms with van der Waals surface area (Å²) < 4.78 is 5.36. The number of hydrogen-bond acceptors (Lipinski definition) is 7. The number of amides is 2. The number of carbonyl (C=O) groups is 2. The summed E-state index contributed by atoms with van der Waals surface area (Å²) in [4.78, 5) is 24.2. The maximum Gasteiger partial charge on any atom is 0.316 e. The van der Waals surface area contributed by atoms with Crippen LogP contribution in [0.4, 0.5) is 6.01 Å². The summed E-state index contributed by atoms with van der Waals surface area (Å²) in [5, 5.41) is 13.7. The maximum absolute atomic E-state index is 11.7. The molecular weight excluding hydrogens is 250 g/mol. The van der Waals surface area contributed by atoms with Gasteiger partial charge in [0.1, 0.15) is 6.04 Å². The van der Waals surface area contributed by atoms with Crippen LogP contribution in [0.1, 0.15) is 25.2 Å². The van der Waals surface area contributed by atoms with Gasteiger partial charge in [-0.3, -0.25) is 14.5 Å². The first-order valence-electron chi connectivity index (χ1n) is 6.26. The molecule has 19 heavy (non-hydrogen) atoms. The Kier molecular flexibility index (Phi) is 2.94. The summed E-state index contributed by atoms with van der Waals surface area (Å²) in [7, 11) is 1.46. The molecule has 0 radical (unpaired) electrons. The van der Waals surface area contributed by atoms with Crippen LogP contribution in [0, 0.1) is 0 Å². The predicted molar refractivity (Wildman–Crippen MR) is 64.0 cm³/mol. The summed E-state index contributed by atoms with van der Waals surface area (Å²) >= 11 is 0. The van der Waals surface area contributed by atoms with E-state index in [9.17, 15) is 9.59 Å². The first kappa shape index (κ1) is 12.1. The van der Waals surface area contributed by atoms with E-state index in [-0.39, 0.29) is 24.2 Å². The standard InChI is InChI=1S/C11H15N5O3/c1-16-9(17)4-7(10(16)18)13-11-15-14-8(19-11)5-12-6-2-3-6/h6-7,12H,2-5H2,1H3,(H,13,15). The molecule has 2 amide bonds. The quantitative estimate of drug-likeness (QED) is 0.691. The fourth-order valence-corrected chi connectivity index (χ4v) is 1.92. The Balaban J connectivity index is 1.57. The van der Waals surface area contributed by atoms with Crippen molar-refractivity contribution in [3.63, 3.8) is 0 Å². The molecular formula is C11H15N5O3. The molecule has 2 heterocycles. The molecule has 8 nitrogen and oxygen atoms in total. The van der Waals surface area contributed by atoms with Crippen LogP contribution in [0.3, 0.4) is 0 Å². The van der Waals surface area contributed by atoms with E-state index in [1.165, 1.54) is 19.9 Å². The molecule has 2 fully saturated rings. The fourth-order valence-electron chi connectivity index (χ4n) is 1.92. The predicted octanol–water partition coefficient (Wildman–Crippen LogP) is -0.509. The van der Waals surface area contributed by atoms with Crippen molar-refractivity contribution in [1.29, 1.82) is 0 Å². The summed E-state index contributed by atoms with van der Waals surface area (Å²) in [5.41, 5.74) is 0. The second kappa shape index (κ2) is 4.61. The Morgan fingerprint density at radius 3 is 2.79 bits per heavy atom. The van der Waals surface area contributed by atoms with Gasteiger partial charge in [-0.2, -0.15) is 0 Å². The molecule has 1 aromatic rings. The van der Waals surface area contributed by atoms with E-state index in [0.717, 1.165) is 4.90 Å². The van der Waals surface area contributed by atoms with Gasteiger partial charge in [0.2, 0.25) is 11.8 Å². The Labute approximate surface area is 109 Å². The van der Waals surface area contributed by atoms with Gasteiger partial charge in [0, 0.05) is 13.1 Å². The highest BCUT2D eigenvalue weighted by atomic mass is 16.4. The number of anilines is 1. The molecule has 2 N–H and O–H groups in total. The number of imide groups is 1. The third-order valence-electron chi connectivity index (χ3n) is 3.27.